The van der Waals surface area contributed by atoms with Gasteiger partial charge in [-0.15, -0.1) is 4.73 Å². The van der Waals surface area contributed by atoms with Gasteiger partial charge in [0.05, 0.1) is 11.1 Å². The Hall–Kier alpha value is -3.11. The van der Waals surface area contributed by atoms with Gasteiger partial charge in [0.2, 0.25) is 0 Å². The number of carbonyl (C=O) groups is 1. The zero-order valence-corrected chi connectivity index (χ0v) is 12.5. The summed E-state index contributed by atoms with van der Waals surface area (Å²) < 4.78 is 77.8. The van der Waals surface area contributed by atoms with Crippen LogP contribution in [0.15, 0.2) is 42.6 Å². The van der Waals surface area contributed by atoms with Crippen LogP contribution >= 0.6 is 0 Å². The molecule has 0 atom stereocenters. The Morgan fingerprint density at radius 3 is 2.23 bits per heavy atom. The number of rotatable bonds is 2. The number of hydrogen-bond acceptors (Lipinski definition) is 4. The van der Waals surface area contributed by atoms with Crippen molar-refractivity contribution >= 4 is 17.1 Å². The lowest BCUT2D eigenvalue weighted by Gasteiger charge is -2.11. The maximum Gasteiger partial charge on any atom is 0.453 e. The Bertz CT molecular complexity index is 963. The van der Waals surface area contributed by atoms with Gasteiger partial charge in [0, 0.05) is 6.20 Å². The summed E-state index contributed by atoms with van der Waals surface area (Å²) in [6.07, 6.45) is -9.59. The number of aromatic nitrogens is 3. The summed E-state index contributed by atoms with van der Waals surface area (Å²) in [4.78, 5) is 23.1. The van der Waals surface area contributed by atoms with Gasteiger partial charge in [0.15, 0.2) is 5.65 Å². The molecule has 11 heteroatoms. The standard InChI is InChI=1S/C15H7F6N3O2/c16-14(17,18)9-6-10-11(22-7-9)23-13(15(19,20)21)24(10)26-12(25)8-4-2-1-3-5-8/h1-7H. The molecule has 26 heavy (non-hydrogen) atoms. The van der Waals surface area contributed by atoms with Crippen LogP contribution in [0.25, 0.3) is 11.2 Å². The second-order valence-corrected chi connectivity index (χ2v) is 5.04. The van der Waals surface area contributed by atoms with Gasteiger partial charge in [-0.25, -0.2) is 14.8 Å². The van der Waals surface area contributed by atoms with E-state index in [0.29, 0.717) is 12.3 Å². The maximum absolute atomic E-state index is 13.1. The highest BCUT2D eigenvalue weighted by Crippen LogP contribution is 2.34. The first-order chi connectivity index (χ1) is 12.1. The van der Waals surface area contributed by atoms with Crippen LogP contribution in [0.1, 0.15) is 21.7 Å². The van der Waals surface area contributed by atoms with Crippen LogP contribution in [0.2, 0.25) is 0 Å². The predicted octanol–water partition coefficient (Wildman–Crippen LogP) is 3.74. The molecule has 0 aliphatic carbocycles. The number of hydrogen-bond donors (Lipinski definition) is 0. The molecule has 0 saturated heterocycles. The van der Waals surface area contributed by atoms with Crippen molar-refractivity contribution in [3.8, 4) is 0 Å². The van der Waals surface area contributed by atoms with Crippen molar-refractivity contribution in [3.63, 3.8) is 0 Å². The molecule has 0 aliphatic rings. The summed E-state index contributed by atoms with van der Waals surface area (Å²) in [5, 5.41) is 0. The number of imidazole rings is 1. The van der Waals surface area contributed by atoms with E-state index in [0.717, 1.165) is 0 Å². The highest BCUT2D eigenvalue weighted by atomic mass is 19.4. The lowest BCUT2D eigenvalue weighted by atomic mass is 10.2. The Kier molecular flexibility index (Phi) is 4.09. The number of benzene rings is 1. The van der Waals surface area contributed by atoms with E-state index < -0.39 is 40.9 Å². The molecule has 0 N–H and O–H groups in total. The number of carbonyl (C=O) groups excluding carboxylic acids is 1. The van der Waals surface area contributed by atoms with E-state index in [4.69, 9.17) is 0 Å². The first kappa shape index (κ1) is 17.7. The summed E-state index contributed by atoms with van der Waals surface area (Å²) in [6, 6.07) is 7.36. The van der Waals surface area contributed by atoms with Crippen LogP contribution in [-0.2, 0) is 12.4 Å². The molecular formula is C15H7F6N3O2. The van der Waals surface area contributed by atoms with Gasteiger partial charge in [-0.3, -0.25) is 0 Å². The van der Waals surface area contributed by atoms with Crippen LogP contribution in [0.3, 0.4) is 0 Å². The Labute approximate surface area is 140 Å². The highest BCUT2D eigenvalue weighted by molar-refractivity contribution is 5.90. The molecule has 0 saturated carbocycles. The van der Waals surface area contributed by atoms with Crippen molar-refractivity contribution < 1.29 is 36.0 Å². The molecule has 1 aromatic carbocycles. The summed E-state index contributed by atoms with van der Waals surface area (Å²) in [7, 11) is 0. The highest BCUT2D eigenvalue weighted by Gasteiger charge is 2.40. The van der Waals surface area contributed by atoms with Crippen LogP contribution < -0.4 is 4.84 Å². The van der Waals surface area contributed by atoms with E-state index in [1.54, 1.807) is 6.07 Å². The van der Waals surface area contributed by atoms with Gasteiger partial charge in [-0.1, -0.05) is 18.2 Å². The first-order valence-electron chi connectivity index (χ1n) is 6.88. The number of nitrogens with zero attached hydrogens (tertiary/aromatic N) is 3. The van der Waals surface area contributed by atoms with Crippen molar-refractivity contribution in [2.45, 2.75) is 12.4 Å². The minimum absolute atomic E-state index is 0.0904. The molecule has 0 radical (unpaired) electrons. The van der Waals surface area contributed by atoms with Crippen molar-refractivity contribution in [1.82, 2.24) is 14.7 Å². The summed E-state index contributed by atoms with van der Waals surface area (Å²) >= 11 is 0. The fourth-order valence-electron chi connectivity index (χ4n) is 2.08. The van der Waals surface area contributed by atoms with Gasteiger partial charge in [-0.05, 0) is 18.2 Å². The fraction of sp³-hybridized carbons (Fsp3) is 0.133. The smallest absolute Gasteiger partial charge is 0.329 e. The molecular weight excluding hydrogens is 368 g/mol. The zero-order chi connectivity index (χ0) is 19.1. The molecule has 0 fully saturated rings. The summed E-state index contributed by atoms with van der Waals surface area (Å²) in [6.45, 7) is 0. The number of pyridine rings is 1. The minimum Gasteiger partial charge on any atom is -0.329 e. The third-order valence-electron chi connectivity index (χ3n) is 3.23. The molecule has 0 spiro atoms. The molecule has 2 heterocycles. The molecule has 3 rings (SSSR count). The molecule has 136 valence electrons. The Balaban J connectivity index is 2.15. The maximum atomic E-state index is 13.1. The molecule has 0 unspecified atom stereocenters. The van der Waals surface area contributed by atoms with E-state index in [1.165, 1.54) is 24.3 Å². The first-order valence-corrected chi connectivity index (χ1v) is 6.88. The van der Waals surface area contributed by atoms with E-state index >= 15 is 0 Å². The molecule has 0 amide bonds. The van der Waals surface area contributed by atoms with Crippen LogP contribution in [0.4, 0.5) is 26.3 Å². The average Bonchev–Trinajstić information content (AvgIpc) is 2.93. The normalized spacial score (nSPS) is 12.4. The molecule has 2 aromatic heterocycles. The van der Waals surface area contributed by atoms with Gasteiger partial charge in [-0.2, -0.15) is 26.3 Å². The van der Waals surface area contributed by atoms with Crippen LogP contribution in [-0.4, -0.2) is 20.7 Å². The number of halogens is 6. The Morgan fingerprint density at radius 2 is 1.65 bits per heavy atom. The third kappa shape index (κ3) is 3.32. The van der Waals surface area contributed by atoms with E-state index in [2.05, 4.69) is 14.8 Å². The quantitative estimate of drug-likeness (QED) is 0.641. The van der Waals surface area contributed by atoms with Crippen molar-refractivity contribution in [2.24, 2.45) is 0 Å². The monoisotopic (exact) mass is 375 g/mol. The predicted molar refractivity (Wildman–Crippen MR) is 74.9 cm³/mol. The van der Waals surface area contributed by atoms with Gasteiger partial charge < -0.3 is 4.84 Å². The number of alkyl halides is 6. The van der Waals surface area contributed by atoms with E-state index in [1.807, 2.05) is 0 Å². The molecule has 0 aliphatic heterocycles. The van der Waals surface area contributed by atoms with Crippen LogP contribution in [0.5, 0.6) is 0 Å². The van der Waals surface area contributed by atoms with Crippen molar-refractivity contribution in [1.29, 1.82) is 0 Å². The van der Waals surface area contributed by atoms with Crippen molar-refractivity contribution in [3.05, 3.63) is 59.5 Å². The second-order valence-electron chi connectivity index (χ2n) is 5.04. The van der Waals surface area contributed by atoms with E-state index in [9.17, 15) is 31.1 Å². The third-order valence-corrected chi connectivity index (χ3v) is 3.23. The van der Waals surface area contributed by atoms with Gasteiger partial charge in [0.1, 0.15) is 5.52 Å². The fourth-order valence-corrected chi connectivity index (χ4v) is 2.08. The molecule has 0 bridgehead atoms. The summed E-state index contributed by atoms with van der Waals surface area (Å²) in [5.41, 5.74) is -2.79. The van der Waals surface area contributed by atoms with Crippen LogP contribution in [0, 0.1) is 0 Å². The molecule has 3 aromatic rings. The van der Waals surface area contributed by atoms with E-state index in [-0.39, 0.29) is 10.3 Å². The lowest BCUT2D eigenvalue weighted by molar-refractivity contribution is -0.152. The van der Waals surface area contributed by atoms with Gasteiger partial charge >= 0.3 is 18.3 Å². The topological polar surface area (TPSA) is 57.0 Å². The van der Waals surface area contributed by atoms with Crippen molar-refractivity contribution in [2.75, 3.05) is 0 Å². The number of fused-ring (bicyclic) bond motifs is 1. The summed E-state index contributed by atoms with van der Waals surface area (Å²) in [5.74, 6) is -2.91. The van der Waals surface area contributed by atoms with Gasteiger partial charge in [0.25, 0.3) is 5.82 Å². The average molecular weight is 375 g/mol. The zero-order valence-electron chi connectivity index (χ0n) is 12.5. The molecule has 5 nitrogen and oxygen atoms in total. The SMILES string of the molecule is O=C(On1c(C(F)(F)F)nc2ncc(C(F)(F)F)cc21)c1ccccc1. The second kappa shape index (κ2) is 6.00. The minimum atomic E-state index is -5.09. The lowest BCUT2D eigenvalue weighted by Crippen LogP contribution is -2.25. The Morgan fingerprint density at radius 1 is 1.00 bits per heavy atom. The largest absolute Gasteiger partial charge is 0.453 e.